The molecule has 40 heavy (non-hydrogen) atoms. The van der Waals surface area contributed by atoms with Crippen LogP contribution in [0.1, 0.15) is 0 Å². The molecule has 0 unspecified atom stereocenters. The average Bonchev–Trinajstić information content (AvgIpc) is 3.64. The van der Waals surface area contributed by atoms with Crippen molar-refractivity contribution in [3.63, 3.8) is 0 Å². The highest BCUT2D eigenvalue weighted by atomic mass is 32.1. The maximum Gasteiger partial charge on any atom is 0.143 e. The van der Waals surface area contributed by atoms with Gasteiger partial charge in [0.05, 0.1) is 0 Å². The molecule has 186 valence electrons. The van der Waals surface area contributed by atoms with Gasteiger partial charge in [0.2, 0.25) is 0 Å². The van der Waals surface area contributed by atoms with Crippen LogP contribution in [0.3, 0.4) is 0 Å². The summed E-state index contributed by atoms with van der Waals surface area (Å²) < 4.78 is 7.98. The van der Waals surface area contributed by atoms with Crippen molar-refractivity contribution in [1.82, 2.24) is 0 Å². The lowest BCUT2D eigenvalue weighted by Crippen LogP contribution is -1.91. The molecule has 0 aliphatic carbocycles. The number of hydrogen-bond acceptors (Lipinski definition) is 2. The molecular weight excluding hydrogens is 504 g/mol. The Kier molecular flexibility index (Phi) is 4.55. The van der Waals surface area contributed by atoms with Crippen molar-refractivity contribution in [3.8, 4) is 22.3 Å². The molecule has 2 heteroatoms. The molecule has 0 saturated heterocycles. The second-order valence-corrected chi connectivity index (χ2v) is 11.4. The van der Waals surface area contributed by atoms with E-state index in [1.54, 1.807) is 11.3 Å². The van der Waals surface area contributed by atoms with Crippen molar-refractivity contribution in [3.05, 3.63) is 133 Å². The Hall–Kier alpha value is -4.92. The first-order valence-electron chi connectivity index (χ1n) is 13.6. The number of thiophene rings is 1. The Morgan fingerprint density at radius 1 is 0.425 bits per heavy atom. The van der Waals surface area contributed by atoms with Crippen LogP contribution in [0.5, 0.6) is 0 Å². The normalized spacial score (nSPS) is 12.0. The molecule has 7 aromatic carbocycles. The summed E-state index contributed by atoms with van der Waals surface area (Å²) in [4.78, 5) is 0. The molecule has 0 spiro atoms. The van der Waals surface area contributed by atoms with E-state index in [9.17, 15) is 0 Å². The lowest BCUT2D eigenvalue weighted by molar-refractivity contribution is 0.670. The lowest BCUT2D eigenvalue weighted by atomic mass is 9.84. The lowest BCUT2D eigenvalue weighted by Gasteiger charge is -2.18. The number of furan rings is 1. The van der Waals surface area contributed by atoms with Gasteiger partial charge >= 0.3 is 0 Å². The molecule has 0 fully saturated rings. The van der Waals surface area contributed by atoms with Crippen LogP contribution in [0.15, 0.2) is 137 Å². The highest BCUT2D eigenvalue weighted by molar-refractivity contribution is 7.17. The second-order valence-electron chi connectivity index (χ2n) is 10.4. The predicted molar refractivity (Wildman–Crippen MR) is 172 cm³/mol. The van der Waals surface area contributed by atoms with Gasteiger partial charge in [-0.2, -0.15) is 0 Å². The van der Waals surface area contributed by atoms with Gasteiger partial charge in [-0.1, -0.05) is 109 Å². The summed E-state index contributed by atoms with van der Waals surface area (Å²) in [6, 6.07) is 46.2. The van der Waals surface area contributed by atoms with Gasteiger partial charge in [0, 0.05) is 32.0 Å². The Balaban J connectivity index is 1.46. The van der Waals surface area contributed by atoms with Crippen LogP contribution in [-0.2, 0) is 0 Å². The number of rotatable bonds is 2. The standard InChI is InChI=1S/C38H22OS/c1-2-11-24-23(9-1)10-7-16-25(24)35-26-12-3-5-14-28(26)36(29-15-6-4-13-27(29)35)31-17-8-18-32-37-30-21-22-40-34(30)20-19-33(37)39-38(31)32/h1-22H. The van der Waals surface area contributed by atoms with Crippen LogP contribution in [0.4, 0.5) is 0 Å². The third-order valence-corrected chi connectivity index (χ3v) is 9.24. The summed E-state index contributed by atoms with van der Waals surface area (Å²) in [6.45, 7) is 0. The third-order valence-electron chi connectivity index (χ3n) is 8.35. The monoisotopic (exact) mass is 526 g/mol. The van der Waals surface area contributed by atoms with Gasteiger partial charge in [-0.3, -0.25) is 0 Å². The van der Waals surface area contributed by atoms with E-state index in [0.717, 1.165) is 16.7 Å². The van der Waals surface area contributed by atoms with Crippen LogP contribution in [0.2, 0.25) is 0 Å². The number of hydrogen-bond donors (Lipinski definition) is 0. The fraction of sp³-hybridized carbons (Fsp3) is 0. The Morgan fingerprint density at radius 3 is 1.75 bits per heavy atom. The van der Waals surface area contributed by atoms with Gasteiger partial charge < -0.3 is 4.42 Å². The molecule has 0 aliphatic heterocycles. The molecule has 2 heterocycles. The average molecular weight is 527 g/mol. The minimum Gasteiger partial charge on any atom is -0.455 e. The minimum absolute atomic E-state index is 0.939. The van der Waals surface area contributed by atoms with Crippen molar-refractivity contribution in [1.29, 1.82) is 0 Å². The van der Waals surface area contributed by atoms with Gasteiger partial charge in [-0.15, -0.1) is 11.3 Å². The third kappa shape index (κ3) is 2.97. The summed E-state index contributed by atoms with van der Waals surface area (Å²) >= 11 is 1.78. The van der Waals surface area contributed by atoms with E-state index < -0.39 is 0 Å². The quantitative estimate of drug-likeness (QED) is 0.204. The molecule has 0 atom stereocenters. The molecule has 0 saturated carbocycles. The second kappa shape index (κ2) is 8.29. The summed E-state index contributed by atoms with van der Waals surface area (Å²) in [5, 5.41) is 13.3. The van der Waals surface area contributed by atoms with Gasteiger partial charge in [0.25, 0.3) is 0 Å². The van der Waals surface area contributed by atoms with Crippen LogP contribution in [-0.4, -0.2) is 0 Å². The highest BCUT2D eigenvalue weighted by Gasteiger charge is 2.21. The summed E-state index contributed by atoms with van der Waals surface area (Å²) in [6.07, 6.45) is 0. The van der Waals surface area contributed by atoms with Crippen LogP contribution >= 0.6 is 11.3 Å². The zero-order valence-electron chi connectivity index (χ0n) is 21.5. The smallest absolute Gasteiger partial charge is 0.143 e. The van der Waals surface area contributed by atoms with Gasteiger partial charge in [-0.05, 0) is 67.0 Å². The highest BCUT2D eigenvalue weighted by Crippen LogP contribution is 2.48. The predicted octanol–water partition coefficient (Wildman–Crippen LogP) is 11.6. The molecule has 0 aliphatic rings. The van der Waals surface area contributed by atoms with Crippen molar-refractivity contribution in [2.24, 2.45) is 0 Å². The largest absolute Gasteiger partial charge is 0.455 e. The van der Waals surface area contributed by atoms with Crippen LogP contribution in [0, 0.1) is 0 Å². The van der Waals surface area contributed by atoms with Crippen molar-refractivity contribution < 1.29 is 4.42 Å². The van der Waals surface area contributed by atoms with Crippen LogP contribution < -0.4 is 0 Å². The Labute approximate surface area is 234 Å². The number of benzene rings is 7. The molecule has 2 aromatic heterocycles. The maximum absolute atomic E-state index is 6.69. The Morgan fingerprint density at radius 2 is 1.00 bits per heavy atom. The van der Waals surface area contributed by atoms with Gasteiger partial charge in [0.15, 0.2) is 0 Å². The van der Waals surface area contributed by atoms with Crippen molar-refractivity contribution in [2.75, 3.05) is 0 Å². The maximum atomic E-state index is 6.69. The molecule has 1 nitrogen and oxygen atoms in total. The van der Waals surface area contributed by atoms with E-state index in [0.29, 0.717) is 0 Å². The fourth-order valence-electron chi connectivity index (χ4n) is 6.69. The molecule has 0 bridgehead atoms. The van der Waals surface area contributed by atoms with Gasteiger partial charge in [0.1, 0.15) is 11.2 Å². The van der Waals surface area contributed by atoms with Crippen molar-refractivity contribution in [2.45, 2.75) is 0 Å². The zero-order valence-corrected chi connectivity index (χ0v) is 22.3. The number of fused-ring (bicyclic) bond motifs is 8. The molecular formula is C38H22OS. The zero-order chi connectivity index (χ0) is 26.2. The summed E-state index contributed by atoms with van der Waals surface area (Å²) in [7, 11) is 0. The first-order valence-corrected chi connectivity index (χ1v) is 14.5. The summed E-state index contributed by atoms with van der Waals surface area (Å²) in [5.74, 6) is 0. The molecule has 9 rings (SSSR count). The van der Waals surface area contributed by atoms with E-state index in [4.69, 9.17) is 4.42 Å². The van der Waals surface area contributed by atoms with Gasteiger partial charge in [-0.25, -0.2) is 0 Å². The van der Waals surface area contributed by atoms with Crippen LogP contribution in [0.25, 0.3) is 86.6 Å². The fourth-order valence-corrected chi connectivity index (χ4v) is 7.48. The summed E-state index contributed by atoms with van der Waals surface area (Å²) in [5.41, 5.74) is 6.79. The van der Waals surface area contributed by atoms with E-state index in [1.807, 2.05) is 0 Å². The van der Waals surface area contributed by atoms with E-state index in [2.05, 4.69) is 133 Å². The first kappa shape index (κ1) is 22.0. The minimum atomic E-state index is 0.939. The number of para-hydroxylation sites is 1. The Bertz CT molecular complexity index is 2380. The van der Waals surface area contributed by atoms with E-state index >= 15 is 0 Å². The van der Waals surface area contributed by atoms with E-state index in [-0.39, 0.29) is 0 Å². The molecule has 0 N–H and O–H groups in total. The molecule has 0 radical (unpaired) electrons. The first-order chi connectivity index (χ1) is 19.9. The topological polar surface area (TPSA) is 13.1 Å². The van der Waals surface area contributed by atoms with Crippen molar-refractivity contribution >= 4 is 75.7 Å². The van der Waals surface area contributed by atoms with E-state index in [1.165, 1.54) is 69.9 Å². The molecule has 0 amide bonds. The molecule has 9 aromatic rings. The SMILES string of the molecule is c1ccc2c(-c3c4ccccc4c(-c4cccc5c4oc4ccc6sccc6c45)c4ccccc34)cccc2c1.